The second-order valence-corrected chi connectivity index (χ2v) is 6.96. The summed E-state index contributed by atoms with van der Waals surface area (Å²) in [7, 11) is 0. The highest BCUT2D eigenvalue weighted by molar-refractivity contribution is 7.99. The molecule has 2 atom stereocenters. The lowest BCUT2D eigenvalue weighted by Gasteiger charge is -2.35. The molecule has 0 radical (unpaired) electrons. The zero-order valence-corrected chi connectivity index (χ0v) is 12.1. The van der Waals surface area contributed by atoms with Gasteiger partial charge in [-0.1, -0.05) is 20.8 Å². The lowest BCUT2D eigenvalue weighted by molar-refractivity contribution is 0.207. The normalized spacial score (nSPS) is 24.9. The molecule has 0 saturated carbocycles. The van der Waals surface area contributed by atoms with E-state index in [0.29, 0.717) is 0 Å². The van der Waals surface area contributed by atoms with Crippen LogP contribution in [0.1, 0.15) is 34.1 Å². The van der Waals surface area contributed by atoms with Gasteiger partial charge < -0.3 is 5.32 Å². The van der Waals surface area contributed by atoms with Gasteiger partial charge in [-0.05, 0) is 32.4 Å². The summed E-state index contributed by atoms with van der Waals surface area (Å²) in [5.74, 6) is 2.08. The van der Waals surface area contributed by atoms with Crippen LogP contribution in [0.15, 0.2) is 0 Å². The third-order valence-electron chi connectivity index (χ3n) is 3.19. The highest BCUT2D eigenvalue weighted by Crippen LogP contribution is 2.20. The summed E-state index contributed by atoms with van der Waals surface area (Å²) in [6, 6.07) is 0.739. The lowest BCUT2D eigenvalue weighted by Crippen LogP contribution is -2.43. The molecule has 0 spiro atoms. The van der Waals surface area contributed by atoms with E-state index in [9.17, 15) is 0 Å². The molecule has 0 bridgehead atoms. The van der Waals surface area contributed by atoms with Gasteiger partial charge in [0.1, 0.15) is 0 Å². The summed E-state index contributed by atoms with van der Waals surface area (Å²) >= 11 is 2.11. The van der Waals surface area contributed by atoms with Crippen molar-refractivity contribution < 1.29 is 0 Å². The average molecular weight is 244 g/mol. The van der Waals surface area contributed by atoms with Crippen molar-refractivity contribution >= 4 is 11.8 Å². The number of nitrogens with one attached hydrogen (secondary N) is 1. The third-order valence-corrected chi connectivity index (χ3v) is 4.32. The molecule has 96 valence electrons. The van der Waals surface area contributed by atoms with Crippen LogP contribution >= 0.6 is 11.8 Å². The monoisotopic (exact) mass is 244 g/mol. The molecule has 0 amide bonds. The van der Waals surface area contributed by atoms with E-state index in [-0.39, 0.29) is 0 Å². The highest BCUT2D eigenvalue weighted by Gasteiger charge is 2.20. The Morgan fingerprint density at radius 3 is 2.75 bits per heavy atom. The van der Waals surface area contributed by atoms with Crippen LogP contribution in [-0.2, 0) is 0 Å². The van der Waals surface area contributed by atoms with E-state index in [0.717, 1.165) is 30.3 Å². The molecule has 1 aliphatic heterocycles. The SMILES string of the molecule is CC(C)CNCCC(C)N1CCSC(C)C1. The first-order valence-electron chi connectivity index (χ1n) is 6.66. The number of nitrogens with zero attached hydrogens (tertiary/aromatic N) is 1. The summed E-state index contributed by atoms with van der Waals surface area (Å²) in [6.07, 6.45) is 1.28. The van der Waals surface area contributed by atoms with Gasteiger partial charge in [0.05, 0.1) is 0 Å². The van der Waals surface area contributed by atoms with E-state index in [1.165, 1.54) is 25.3 Å². The molecular weight excluding hydrogens is 216 g/mol. The maximum atomic E-state index is 3.53. The molecule has 1 saturated heterocycles. The summed E-state index contributed by atoms with van der Waals surface area (Å²) in [5, 5.41) is 4.35. The van der Waals surface area contributed by atoms with E-state index in [1.807, 2.05) is 0 Å². The van der Waals surface area contributed by atoms with Crippen molar-refractivity contribution in [3.8, 4) is 0 Å². The molecule has 1 fully saturated rings. The smallest absolute Gasteiger partial charge is 0.0147 e. The summed E-state index contributed by atoms with van der Waals surface area (Å²) in [5.41, 5.74) is 0. The van der Waals surface area contributed by atoms with Crippen LogP contribution in [0.5, 0.6) is 0 Å². The van der Waals surface area contributed by atoms with Crippen LogP contribution in [-0.4, -0.2) is 48.1 Å². The van der Waals surface area contributed by atoms with Gasteiger partial charge in [-0.15, -0.1) is 0 Å². The highest BCUT2D eigenvalue weighted by atomic mass is 32.2. The topological polar surface area (TPSA) is 15.3 Å². The fourth-order valence-electron chi connectivity index (χ4n) is 2.13. The Labute approximate surface area is 106 Å². The van der Waals surface area contributed by atoms with Crippen LogP contribution in [0.25, 0.3) is 0 Å². The first kappa shape index (κ1) is 14.3. The predicted molar refractivity (Wildman–Crippen MR) is 75.3 cm³/mol. The standard InChI is InChI=1S/C13H28N2S/c1-11(2)9-14-6-5-12(3)15-7-8-16-13(4)10-15/h11-14H,5-10H2,1-4H3. The molecule has 1 heterocycles. The molecule has 2 unspecified atom stereocenters. The minimum absolute atomic E-state index is 0.739. The first-order chi connectivity index (χ1) is 7.59. The van der Waals surface area contributed by atoms with Crippen LogP contribution in [0.4, 0.5) is 0 Å². The van der Waals surface area contributed by atoms with Gasteiger partial charge in [-0.3, -0.25) is 4.90 Å². The second kappa shape index (κ2) is 7.57. The Morgan fingerprint density at radius 2 is 2.12 bits per heavy atom. The van der Waals surface area contributed by atoms with Crippen LogP contribution in [0.3, 0.4) is 0 Å². The Hall–Kier alpha value is 0.270. The summed E-state index contributed by atoms with van der Waals surface area (Å²) in [6.45, 7) is 14.1. The third kappa shape index (κ3) is 5.55. The van der Waals surface area contributed by atoms with Crippen molar-refractivity contribution in [2.24, 2.45) is 5.92 Å². The Bertz CT molecular complexity index is 185. The Balaban J connectivity index is 2.11. The van der Waals surface area contributed by atoms with Gasteiger partial charge >= 0.3 is 0 Å². The van der Waals surface area contributed by atoms with E-state index in [1.54, 1.807) is 0 Å². The quantitative estimate of drug-likeness (QED) is 0.723. The molecule has 1 N–H and O–H groups in total. The minimum Gasteiger partial charge on any atom is -0.316 e. The number of hydrogen-bond acceptors (Lipinski definition) is 3. The van der Waals surface area contributed by atoms with Crippen LogP contribution < -0.4 is 5.32 Å². The molecule has 0 aliphatic carbocycles. The maximum absolute atomic E-state index is 3.53. The fourth-order valence-corrected chi connectivity index (χ4v) is 3.17. The molecule has 0 aromatic carbocycles. The van der Waals surface area contributed by atoms with Crippen molar-refractivity contribution in [3.05, 3.63) is 0 Å². The van der Waals surface area contributed by atoms with Crippen molar-refractivity contribution in [2.45, 2.75) is 45.4 Å². The maximum Gasteiger partial charge on any atom is 0.0147 e. The molecule has 2 nitrogen and oxygen atoms in total. The molecule has 1 rings (SSSR count). The number of hydrogen-bond donors (Lipinski definition) is 1. The minimum atomic E-state index is 0.739. The van der Waals surface area contributed by atoms with Crippen molar-refractivity contribution in [2.75, 3.05) is 31.9 Å². The van der Waals surface area contributed by atoms with Crippen molar-refractivity contribution in [3.63, 3.8) is 0 Å². The van der Waals surface area contributed by atoms with Gasteiger partial charge in [0.25, 0.3) is 0 Å². The zero-order valence-electron chi connectivity index (χ0n) is 11.3. The van der Waals surface area contributed by atoms with Crippen molar-refractivity contribution in [1.29, 1.82) is 0 Å². The zero-order chi connectivity index (χ0) is 12.0. The Morgan fingerprint density at radius 1 is 1.38 bits per heavy atom. The second-order valence-electron chi connectivity index (χ2n) is 5.41. The van der Waals surface area contributed by atoms with Gasteiger partial charge in [0.2, 0.25) is 0 Å². The van der Waals surface area contributed by atoms with Gasteiger partial charge in [-0.2, -0.15) is 11.8 Å². The molecule has 0 aromatic rings. The van der Waals surface area contributed by atoms with Gasteiger partial charge in [0.15, 0.2) is 0 Å². The average Bonchev–Trinajstić information content (AvgIpc) is 2.24. The molecule has 16 heavy (non-hydrogen) atoms. The van der Waals surface area contributed by atoms with Gasteiger partial charge in [-0.25, -0.2) is 0 Å². The van der Waals surface area contributed by atoms with Gasteiger partial charge in [0, 0.05) is 30.1 Å². The number of thioether (sulfide) groups is 1. The van der Waals surface area contributed by atoms with Crippen molar-refractivity contribution in [1.82, 2.24) is 10.2 Å². The fraction of sp³-hybridized carbons (Fsp3) is 1.00. The molecule has 3 heteroatoms. The van der Waals surface area contributed by atoms with Crippen LogP contribution in [0.2, 0.25) is 0 Å². The van der Waals surface area contributed by atoms with E-state index in [2.05, 4.69) is 49.7 Å². The largest absolute Gasteiger partial charge is 0.316 e. The number of rotatable bonds is 6. The van der Waals surface area contributed by atoms with E-state index < -0.39 is 0 Å². The summed E-state index contributed by atoms with van der Waals surface area (Å²) < 4.78 is 0. The predicted octanol–water partition coefficient (Wildman–Crippen LogP) is 2.45. The molecular formula is C13H28N2S. The lowest BCUT2D eigenvalue weighted by atomic mass is 10.1. The van der Waals surface area contributed by atoms with Crippen LogP contribution in [0, 0.1) is 5.92 Å². The van der Waals surface area contributed by atoms with E-state index in [4.69, 9.17) is 0 Å². The molecule has 0 aromatic heterocycles. The summed E-state index contributed by atoms with van der Waals surface area (Å²) in [4.78, 5) is 2.65. The molecule has 1 aliphatic rings. The first-order valence-corrected chi connectivity index (χ1v) is 7.71. The Kier molecular flexibility index (Phi) is 6.78. The van der Waals surface area contributed by atoms with E-state index >= 15 is 0 Å².